The van der Waals surface area contributed by atoms with E-state index >= 15 is 0 Å². The molecule has 1 amide bonds. The van der Waals surface area contributed by atoms with Crippen molar-refractivity contribution in [3.63, 3.8) is 0 Å². The van der Waals surface area contributed by atoms with Gasteiger partial charge in [0.25, 0.3) is 0 Å². The van der Waals surface area contributed by atoms with Crippen molar-refractivity contribution >= 4 is 5.91 Å². The molecule has 0 bridgehead atoms. The zero-order valence-electron chi connectivity index (χ0n) is 12.5. The molecule has 1 aliphatic carbocycles. The lowest BCUT2D eigenvalue weighted by Gasteiger charge is -2.30. The third-order valence-electron chi connectivity index (χ3n) is 5.17. The molecule has 5 heteroatoms. The van der Waals surface area contributed by atoms with Crippen LogP contribution < -0.4 is 5.32 Å². The summed E-state index contributed by atoms with van der Waals surface area (Å²) >= 11 is 0. The molecule has 3 aliphatic rings. The first-order chi connectivity index (χ1) is 10.3. The maximum Gasteiger partial charge on any atom is 0.237 e. The third-order valence-corrected chi connectivity index (χ3v) is 5.17. The molecule has 21 heavy (non-hydrogen) atoms. The number of aryl methyl sites for hydroxylation is 1. The highest BCUT2D eigenvalue weighted by molar-refractivity contribution is 5.82. The van der Waals surface area contributed by atoms with Crippen LogP contribution in [0.5, 0.6) is 0 Å². The van der Waals surface area contributed by atoms with Gasteiger partial charge in [-0.05, 0) is 51.1 Å². The van der Waals surface area contributed by atoms with Gasteiger partial charge in [0.05, 0.1) is 6.04 Å². The number of aromatic nitrogens is 2. The molecule has 2 atom stereocenters. The Kier molecular flexibility index (Phi) is 3.45. The quantitative estimate of drug-likeness (QED) is 0.905. The van der Waals surface area contributed by atoms with Crippen LogP contribution in [-0.2, 0) is 17.8 Å². The molecule has 2 fully saturated rings. The second-order valence-electron chi connectivity index (χ2n) is 6.76. The molecular formula is C16H24N4O. The van der Waals surface area contributed by atoms with Crippen molar-refractivity contribution in [2.24, 2.45) is 5.92 Å². The highest BCUT2D eigenvalue weighted by atomic mass is 16.2. The third kappa shape index (κ3) is 2.71. The van der Waals surface area contributed by atoms with Crippen molar-refractivity contribution in [1.29, 1.82) is 0 Å². The standard InChI is InChI=1S/C16H24N4O/c21-16(15(12-3-4-12)20-7-1-2-8-20)18-13-5-9-19-10-6-17-14(19)11-13/h6,10,12-13,15H,1-5,7-9,11H2,(H,18,21). The van der Waals surface area contributed by atoms with Gasteiger partial charge in [0.15, 0.2) is 0 Å². The van der Waals surface area contributed by atoms with E-state index in [2.05, 4.69) is 19.8 Å². The molecule has 4 rings (SSSR count). The van der Waals surface area contributed by atoms with E-state index in [9.17, 15) is 4.79 Å². The van der Waals surface area contributed by atoms with Gasteiger partial charge in [-0.1, -0.05) is 0 Å². The van der Waals surface area contributed by atoms with Crippen LogP contribution in [-0.4, -0.2) is 45.5 Å². The Morgan fingerprint density at radius 1 is 1.24 bits per heavy atom. The number of rotatable bonds is 4. The highest BCUT2D eigenvalue weighted by Gasteiger charge is 2.41. The van der Waals surface area contributed by atoms with Crippen LogP contribution in [0.15, 0.2) is 12.4 Å². The number of hydrogen-bond donors (Lipinski definition) is 1. The molecule has 2 unspecified atom stereocenters. The van der Waals surface area contributed by atoms with Gasteiger partial charge in [-0.15, -0.1) is 0 Å². The summed E-state index contributed by atoms with van der Waals surface area (Å²) < 4.78 is 2.20. The maximum absolute atomic E-state index is 12.8. The summed E-state index contributed by atoms with van der Waals surface area (Å²) in [5.41, 5.74) is 0. The van der Waals surface area contributed by atoms with E-state index in [4.69, 9.17) is 0 Å². The second kappa shape index (κ2) is 5.44. The van der Waals surface area contributed by atoms with E-state index in [1.165, 1.54) is 25.7 Å². The van der Waals surface area contributed by atoms with Crippen LogP contribution in [0.1, 0.15) is 37.9 Å². The zero-order valence-corrected chi connectivity index (χ0v) is 12.5. The minimum Gasteiger partial charge on any atom is -0.351 e. The molecule has 2 aliphatic heterocycles. The van der Waals surface area contributed by atoms with E-state index in [-0.39, 0.29) is 18.0 Å². The van der Waals surface area contributed by atoms with Crippen LogP contribution >= 0.6 is 0 Å². The van der Waals surface area contributed by atoms with Crippen LogP contribution in [0, 0.1) is 5.92 Å². The number of imidazole rings is 1. The summed E-state index contributed by atoms with van der Waals surface area (Å²) in [6, 6.07) is 0.394. The average Bonchev–Trinajstić information content (AvgIpc) is 2.99. The van der Waals surface area contributed by atoms with Crippen molar-refractivity contribution in [2.75, 3.05) is 13.1 Å². The number of carbonyl (C=O) groups excluding carboxylic acids is 1. The first kappa shape index (κ1) is 13.3. The first-order valence-electron chi connectivity index (χ1n) is 8.36. The molecule has 1 saturated carbocycles. The number of carbonyl (C=O) groups is 1. The first-order valence-corrected chi connectivity index (χ1v) is 8.36. The van der Waals surface area contributed by atoms with Gasteiger partial charge in [0, 0.05) is 31.4 Å². The SMILES string of the molecule is O=C(NC1CCn2ccnc2C1)C(C1CC1)N1CCCC1. The number of hydrogen-bond acceptors (Lipinski definition) is 3. The van der Waals surface area contributed by atoms with Gasteiger partial charge in [-0.25, -0.2) is 4.98 Å². The van der Waals surface area contributed by atoms with E-state index in [1.807, 2.05) is 12.4 Å². The van der Waals surface area contributed by atoms with Crippen molar-refractivity contribution in [3.05, 3.63) is 18.2 Å². The molecule has 0 aromatic carbocycles. The van der Waals surface area contributed by atoms with E-state index in [0.29, 0.717) is 5.92 Å². The van der Waals surface area contributed by atoms with Crippen molar-refractivity contribution in [2.45, 2.75) is 57.2 Å². The lowest BCUT2D eigenvalue weighted by atomic mass is 10.0. The monoisotopic (exact) mass is 288 g/mol. The van der Waals surface area contributed by atoms with E-state index in [0.717, 1.165) is 38.3 Å². The normalized spacial score (nSPS) is 27.3. The number of nitrogens with one attached hydrogen (secondary N) is 1. The number of amides is 1. The molecular weight excluding hydrogens is 264 g/mol. The molecule has 5 nitrogen and oxygen atoms in total. The number of nitrogens with zero attached hydrogens (tertiary/aromatic N) is 3. The summed E-state index contributed by atoms with van der Waals surface area (Å²) in [5, 5.41) is 3.31. The Balaban J connectivity index is 1.40. The Morgan fingerprint density at radius 3 is 2.81 bits per heavy atom. The van der Waals surface area contributed by atoms with Gasteiger partial charge >= 0.3 is 0 Å². The van der Waals surface area contributed by atoms with Crippen LogP contribution in [0.2, 0.25) is 0 Å². The fraction of sp³-hybridized carbons (Fsp3) is 0.750. The molecule has 1 aromatic heterocycles. The molecule has 3 heterocycles. The maximum atomic E-state index is 12.8. The van der Waals surface area contributed by atoms with Crippen molar-refractivity contribution in [1.82, 2.24) is 19.8 Å². The van der Waals surface area contributed by atoms with E-state index in [1.54, 1.807) is 0 Å². The summed E-state index contributed by atoms with van der Waals surface area (Å²) in [6.07, 6.45) is 10.7. The molecule has 1 N–H and O–H groups in total. The summed E-state index contributed by atoms with van der Waals surface area (Å²) in [7, 11) is 0. The lowest BCUT2D eigenvalue weighted by Crippen LogP contribution is -2.51. The summed E-state index contributed by atoms with van der Waals surface area (Å²) in [5.74, 6) is 1.98. The van der Waals surface area contributed by atoms with Gasteiger partial charge in [-0.3, -0.25) is 9.69 Å². The van der Waals surface area contributed by atoms with Gasteiger partial charge < -0.3 is 9.88 Å². The van der Waals surface area contributed by atoms with Crippen molar-refractivity contribution < 1.29 is 4.79 Å². The van der Waals surface area contributed by atoms with Gasteiger partial charge in [0.1, 0.15) is 5.82 Å². The fourth-order valence-corrected chi connectivity index (χ4v) is 3.87. The van der Waals surface area contributed by atoms with Crippen molar-refractivity contribution in [3.8, 4) is 0 Å². The zero-order chi connectivity index (χ0) is 14.2. The summed E-state index contributed by atoms with van der Waals surface area (Å²) in [4.78, 5) is 19.5. The Hall–Kier alpha value is -1.36. The predicted molar refractivity (Wildman–Crippen MR) is 79.8 cm³/mol. The van der Waals surface area contributed by atoms with E-state index < -0.39 is 0 Å². The fourth-order valence-electron chi connectivity index (χ4n) is 3.87. The smallest absolute Gasteiger partial charge is 0.237 e. The molecule has 1 saturated heterocycles. The average molecular weight is 288 g/mol. The highest BCUT2D eigenvalue weighted by Crippen LogP contribution is 2.36. The van der Waals surface area contributed by atoms with Crippen LogP contribution in [0.25, 0.3) is 0 Å². The minimum atomic E-state index is 0.133. The number of fused-ring (bicyclic) bond motifs is 1. The largest absolute Gasteiger partial charge is 0.351 e. The van der Waals surface area contributed by atoms with Gasteiger partial charge in [0.2, 0.25) is 5.91 Å². The topological polar surface area (TPSA) is 50.2 Å². The predicted octanol–water partition coefficient (Wildman–Crippen LogP) is 1.19. The second-order valence-corrected chi connectivity index (χ2v) is 6.76. The number of likely N-dealkylation sites (tertiary alicyclic amines) is 1. The molecule has 114 valence electrons. The lowest BCUT2D eigenvalue weighted by molar-refractivity contribution is -0.127. The Labute approximate surface area is 125 Å². The Bertz CT molecular complexity index is 516. The molecule has 1 aromatic rings. The van der Waals surface area contributed by atoms with Crippen LogP contribution in [0.3, 0.4) is 0 Å². The molecule has 0 spiro atoms. The van der Waals surface area contributed by atoms with Gasteiger partial charge in [-0.2, -0.15) is 0 Å². The molecule has 0 radical (unpaired) electrons. The van der Waals surface area contributed by atoms with Crippen LogP contribution in [0.4, 0.5) is 0 Å². The Morgan fingerprint density at radius 2 is 2.05 bits per heavy atom. The minimum absolute atomic E-state index is 0.133. The summed E-state index contributed by atoms with van der Waals surface area (Å²) in [6.45, 7) is 3.17.